The topological polar surface area (TPSA) is 87.8 Å². The van der Waals surface area contributed by atoms with E-state index in [9.17, 15) is 0 Å². The number of hydrogen-bond acceptors (Lipinski definition) is 4. The van der Waals surface area contributed by atoms with E-state index in [1.807, 2.05) is 30.5 Å². The van der Waals surface area contributed by atoms with Crippen molar-refractivity contribution in [3.63, 3.8) is 0 Å². The Balaban J connectivity index is 2.26. The van der Waals surface area contributed by atoms with Crippen LogP contribution in [0.5, 0.6) is 0 Å². The Kier molecular flexibility index (Phi) is 2.53. The smallest absolute Gasteiger partial charge is 0.237 e. The van der Waals surface area contributed by atoms with Crippen LogP contribution in [0.1, 0.15) is 0 Å². The summed E-state index contributed by atoms with van der Waals surface area (Å²) in [4.78, 5) is 3.07. The normalized spacial score (nSPS) is 9.12. The van der Waals surface area contributed by atoms with Gasteiger partial charge in [-0.3, -0.25) is 5.43 Å². The van der Waals surface area contributed by atoms with Gasteiger partial charge in [-0.15, -0.1) is 0 Å². The fraction of sp³-hybridized carbons (Fsp3) is 0. The van der Waals surface area contributed by atoms with Gasteiger partial charge in [-0.25, -0.2) is 0 Å². The standard InChI is InChI=1S/C11H7N5/c12-6-10(7-13)16-15-9-1-2-11-8(5-9)3-4-14-11/h1-5,14-15H. The van der Waals surface area contributed by atoms with Crippen LogP contribution in [0, 0.1) is 22.7 Å². The molecule has 0 spiro atoms. The van der Waals surface area contributed by atoms with E-state index in [-0.39, 0.29) is 5.71 Å². The molecule has 16 heavy (non-hydrogen) atoms. The third-order valence-corrected chi connectivity index (χ3v) is 2.06. The van der Waals surface area contributed by atoms with Crippen LogP contribution in [0.25, 0.3) is 10.9 Å². The monoisotopic (exact) mass is 209 g/mol. The van der Waals surface area contributed by atoms with Crippen LogP contribution in [0.3, 0.4) is 0 Å². The SMILES string of the molecule is N#CC(C#N)=NNc1ccc2[nH]ccc2c1. The molecule has 2 rings (SSSR count). The van der Waals surface area contributed by atoms with Crippen LogP contribution in [-0.4, -0.2) is 10.7 Å². The van der Waals surface area contributed by atoms with Crippen LogP contribution < -0.4 is 5.43 Å². The zero-order chi connectivity index (χ0) is 11.4. The van der Waals surface area contributed by atoms with E-state index in [1.165, 1.54) is 0 Å². The zero-order valence-corrected chi connectivity index (χ0v) is 8.23. The number of aromatic nitrogens is 1. The van der Waals surface area contributed by atoms with E-state index < -0.39 is 0 Å². The first-order valence-electron chi connectivity index (χ1n) is 4.54. The second-order valence-corrected chi connectivity index (χ2v) is 3.08. The fourth-order valence-corrected chi connectivity index (χ4v) is 1.32. The molecule has 0 saturated carbocycles. The quantitative estimate of drug-likeness (QED) is 0.585. The molecule has 0 aliphatic heterocycles. The maximum absolute atomic E-state index is 8.49. The number of nitriles is 2. The van der Waals surface area contributed by atoms with Crippen LogP contribution in [0.2, 0.25) is 0 Å². The van der Waals surface area contributed by atoms with Crippen molar-refractivity contribution in [1.82, 2.24) is 4.98 Å². The van der Waals surface area contributed by atoms with Crippen molar-refractivity contribution in [2.24, 2.45) is 5.10 Å². The number of aromatic amines is 1. The van der Waals surface area contributed by atoms with Crippen LogP contribution >= 0.6 is 0 Å². The largest absolute Gasteiger partial charge is 0.361 e. The lowest BCUT2D eigenvalue weighted by Gasteiger charge is -1.99. The van der Waals surface area contributed by atoms with Gasteiger partial charge >= 0.3 is 0 Å². The Morgan fingerprint density at radius 2 is 2.06 bits per heavy atom. The molecule has 0 radical (unpaired) electrons. The summed E-state index contributed by atoms with van der Waals surface area (Å²) >= 11 is 0. The molecule has 0 aliphatic carbocycles. The summed E-state index contributed by atoms with van der Waals surface area (Å²) in [6.45, 7) is 0. The fourth-order valence-electron chi connectivity index (χ4n) is 1.32. The Morgan fingerprint density at radius 3 is 2.81 bits per heavy atom. The van der Waals surface area contributed by atoms with Gasteiger partial charge in [0.05, 0.1) is 5.69 Å². The summed E-state index contributed by atoms with van der Waals surface area (Å²) in [6.07, 6.45) is 1.84. The third-order valence-electron chi connectivity index (χ3n) is 2.06. The molecular weight excluding hydrogens is 202 g/mol. The van der Waals surface area contributed by atoms with Crippen LogP contribution in [0.4, 0.5) is 5.69 Å². The van der Waals surface area contributed by atoms with Gasteiger partial charge in [0, 0.05) is 17.1 Å². The molecule has 0 aliphatic rings. The van der Waals surface area contributed by atoms with Crippen molar-refractivity contribution in [3.05, 3.63) is 30.5 Å². The summed E-state index contributed by atoms with van der Waals surface area (Å²) in [5, 5.41) is 21.7. The number of nitrogens with one attached hydrogen (secondary N) is 2. The van der Waals surface area contributed by atoms with Gasteiger partial charge in [-0.05, 0) is 24.3 Å². The molecule has 1 aromatic heterocycles. The van der Waals surface area contributed by atoms with E-state index >= 15 is 0 Å². The minimum atomic E-state index is -0.200. The van der Waals surface area contributed by atoms with Crippen molar-refractivity contribution in [1.29, 1.82) is 10.5 Å². The number of fused-ring (bicyclic) bond motifs is 1. The maximum atomic E-state index is 8.49. The number of hydrogen-bond donors (Lipinski definition) is 2. The maximum Gasteiger partial charge on any atom is 0.237 e. The van der Waals surface area contributed by atoms with Gasteiger partial charge in [0.15, 0.2) is 0 Å². The first-order valence-corrected chi connectivity index (χ1v) is 4.54. The molecule has 2 aromatic rings. The van der Waals surface area contributed by atoms with Gasteiger partial charge in [-0.1, -0.05) is 0 Å². The molecule has 0 amide bonds. The minimum Gasteiger partial charge on any atom is -0.361 e. The highest BCUT2D eigenvalue weighted by molar-refractivity contribution is 6.10. The van der Waals surface area contributed by atoms with E-state index in [0.29, 0.717) is 0 Å². The third kappa shape index (κ3) is 1.84. The first-order chi connectivity index (χ1) is 7.83. The molecule has 2 N–H and O–H groups in total. The number of benzene rings is 1. The van der Waals surface area contributed by atoms with Crippen molar-refractivity contribution in [2.75, 3.05) is 5.43 Å². The molecule has 1 aromatic carbocycles. The lowest BCUT2D eigenvalue weighted by atomic mass is 10.2. The number of hydrazone groups is 1. The number of anilines is 1. The average Bonchev–Trinajstić information content (AvgIpc) is 2.77. The Labute approximate surface area is 91.6 Å². The molecule has 1 heterocycles. The Hall–Kier alpha value is -2.79. The van der Waals surface area contributed by atoms with E-state index in [0.717, 1.165) is 16.6 Å². The average molecular weight is 209 g/mol. The van der Waals surface area contributed by atoms with Crippen molar-refractivity contribution in [2.45, 2.75) is 0 Å². The van der Waals surface area contributed by atoms with Crippen LogP contribution in [0.15, 0.2) is 35.6 Å². The second-order valence-electron chi connectivity index (χ2n) is 3.08. The molecular formula is C11H7N5. The van der Waals surface area contributed by atoms with Gasteiger partial charge in [0.2, 0.25) is 5.71 Å². The number of H-pyrrole nitrogens is 1. The second kappa shape index (κ2) is 4.16. The highest BCUT2D eigenvalue weighted by atomic mass is 15.3. The molecule has 0 atom stereocenters. The Morgan fingerprint density at radius 1 is 1.25 bits per heavy atom. The minimum absolute atomic E-state index is 0.200. The Bertz CT molecular complexity index is 608. The molecule has 5 nitrogen and oxygen atoms in total. The lowest BCUT2D eigenvalue weighted by molar-refractivity contribution is 1.34. The molecule has 76 valence electrons. The van der Waals surface area contributed by atoms with Gasteiger partial charge in [0.1, 0.15) is 12.1 Å². The van der Waals surface area contributed by atoms with Gasteiger partial charge in [-0.2, -0.15) is 15.6 Å². The highest BCUT2D eigenvalue weighted by Crippen LogP contribution is 2.17. The summed E-state index contributed by atoms with van der Waals surface area (Å²) in [7, 11) is 0. The summed E-state index contributed by atoms with van der Waals surface area (Å²) < 4.78 is 0. The molecule has 0 bridgehead atoms. The summed E-state index contributed by atoms with van der Waals surface area (Å²) in [6, 6.07) is 10.9. The van der Waals surface area contributed by atoms with Gasteiger partial charge in [0.25, 0.3) is 0 Å². The highest BCUT2D eigenvalue weighted by Gasteiger charge is 1.97. The first kappa shape index (κ1) is 9.75. The predicted molar refractivity (Wildman–Crippen MR) is 60.6 cm³/mol. The van der Waals surface area contributed by atoms with E-state index in [4.69, 9.17) is 10.5 Å². The number of rotatable bonds is 2. The predicted octanol–water partition coefficient (Wildman–Crippen LogP) is 1.98. The van der Waals surface area contributed by atoms with Crippen molar-refractivity contribution < 1.29 is 0 Å². The van der Waals surface area contributed by atoms with E-state index in [2.05, 4.69) is 15.5 Å². The molecule has 0 unspecified atom stereocenters. The van der Waals surface area contributed by atoms with Crippen molar-refractivity contribution in [3.8, 4) is 12.1 Å². The summed E-state index contributed by atoms with van der Waals surface area (Å²) in [5.41, 5.74) is 4.21. The number of nitrogens with zero attached hydrogens (tertiary/aromatic N) is 3. The van der Waals surface area contributed by atoms with E-state index in [1.54, 1.807) is 12.1 Å². The van der Waals surface area contributed by atoms with Crippen LogP contribution in [-0.2, 0) is 0 Å². The van der Waals surface area contributed by atoms with Gasteiger partial charge < -0.3 is 4.98 Å². The molecule has 5 heteroatoms. The lowest BCUT2D eigenvalue weighted by Crippen LogP contribution is -1.95. The van der Waals surface area contributed by atoms with Crippen molar-refractivity contribution >= 4 is 22.3 Å². The molecule has 0 saturated heterocycles. The summed E-state index contributed by atoms with van der Waals surface area (Å²) in [5.74, 6) is 0. The zero-order valence-electron chi connectivity index (χ0n) is 8.23. The molecule has 0 fully saturated rings.